The highest BCUT2D eigenvalue weighted by Gasteiger charge is 2.16. The Morgan fingerprint density at radius 1 is 0.667 bits per heavy atom. The van der Waals surface area contributed by atoms with Crippen LogP contribution in [0.3, 0.4) is 0 Å². The Morgan fingerprint density at radius 2 is 1.08 bits per heavy atom. The largest absolute Gasteiger partial charge is 0.350 e. The van der Waals surface area contributed by atoms with Crippen molar-refractivity contribution in [1.29, 1.82) is 0 Å². The van der Waals surface area contributed by atoms with Crippen LogP contribution in [0.25, 0.3) is 0 Å². The summed E-state index contributed by atoms with van der Waals surface area (Å²) in [4.78, 5) is 0.897. The fourth-order valence-corrected chi connectivity index (χ4v) is 3.11. The first-order valence-corrected chi connectivity index (χ1v) is 8.66. The molecule has 0 amide bonds. The van der Waals surface area contributed by atoms with Crippen LogP contribution in [-0.2, 0) is 12.8 Å². The van der Waals surface area contributed by atoms with E-state index in [0.717, 1.165) is 23.5 Å². The van der Waals surface area contributed by atoms with Crippen LogP contribution < -0.4 is 5.32 Å². The molecule has 0 aromatic heterocycles. The first kappa shape index (κ1) is 16.4. The topological polar surface area (TPSA) is 12.0 Å². The number of rotatable bonds is 6. The molecule has 0 spiro atoms. The zero-order valence-corrected chi connectivity index (χ0v) is 14.4. The van der Waals surface area contributed by atoms with E-state index in [-0.39, 0.29) is 5.92 Å². The maximum atomic E-state index is 5.74. The fourth-order valence-electron chi connectivity index (χ4n) is 2.82. The summed E-state index contributed by atoms with van der Waals surface area (Å²) >= 11 is 5.74. The van der Waals surface area contributed by atoms with Gasteiger partial charge in [-0.25, -0.2) is 0 Å². The van der Waals surface area contributed by atoms with Gasteiger partial charge < -0.3 is 5.32 Å². The van der Waals surface area contributed by atoms with E-state index in [1.165, 1.54) is 11.1 Å². The van der Waals surface area contributed by atoms with Gasteiger partial charge in [0.1, 0.15) is 0 Å². The molecule has 1 nitrogen and oxygen atoms in total. The number of para-hydroxylation sites is 1. The van der Waals surface area contributed by atoms with Crippen molar-refractivity contribution in [3.05, 3.63) is 102 Å². The van der Waals surface area contributed by atoms with Gasteiger partial charge in [0.2, 0.25) is 0 Å². The smallest absolute Gasteiger partial charge is 0.0835 e. The van der Waals surface area contributed by atoms with Crippen LogP contribution in [0.2, 0.25) is 0 Å². The van der Waals surface area contributed by atoms with Crippen LogP contribution in [0.4, 0.5) is 5.69 Å². The van der Waals surface area contributed by atoms with Gasteiger partial charge in [0.15, 0.2) is 0 Å². The van der Waals surface area contributed by atoms with E-state index in [2.05, 4.69) is 66.0 Å². The number of anilines is 1. The molecule has 3 aromatic carbocycles. The van der Waals surface area contributed by atoms with Crippen LogP contribution in [-0.4, -0.2) is 4.99 Å². The highest BCUT2D eigenvalue weighted by atomic mass is 32.1. The van der Waals surface area contributed by atoms with Crippen LogP contribution >= 0.6 is 12.2 Å². The van der Waals surface area contributed by atoms with Gasteiger partial charge in [-0.2, -0.15) is 0 Å². The predicted octanol–water partition coefficient (Wildman–Crippen LogP) is 5.53. The van der Waals surface area contributed by atoms with Crippen LogP contribution in [0.15, 0.2) is 91.0 Å². The maximum Gasteiger partial charge on any atom is 0.0835 e. The third-order valence-electron chi connectivity index (χ3n) is 4.06. The first-order valence-electron chi connectivity index (χ1n) is 8.25. The summed E-state index contributed by atoms with van der Waals surface area (Å²) in [6.07, 6.45) is 1.88. The molecule has 0 heterocycles. The molecule has 2 heteroatoms. The SMILES string of the molecule is S=C(Nc1ccccc1)C(Cc1ccccc1)Cc1ccccc1. The summed E-state index contributed by atoms with van der Waals surface area (Å²) < 4.78 is 0. The lowest BCUT2D eigenvalue weighted by molar-refractivity contribution is 0.690. The van der Waals surface area contributed by atoms with Crippen molar-refractivity contribution in [2.45, 2.75) is 12.8 Å². The van der Waals surface area contributed by atoms with Gasteiger partial charge in [-0.05, 0) is 36.1 Å². The van der Waals surface area contributed by atoms with Crippen LogP contribution in [0.5, 0.6) is 0 Å². The molecule has 0 saturated heterocycles. The van der Waals surface area contributed by atoms with E-state index < -0.39 is 0 Å². The number of benzene rings is 3. The third kappa shape index (κ3) is 4.77. The third-order valence-corrected chi connectivity index (χ3v) is 4.50. The van der Waals surface area contributed by atoms with Crippen molar-refractivity contribution >= 4 is 22.9 Å². The molecule has 3 rings (SSSR count). The minimum absolute atomic E-state index is 0.269. The van der Waals surface area contributed by atoms with Crippen molar-refractivity contribution in [3.63, 3.8) is 0 Å². The van der Waals surface area contributed by atoms with Gasteiger partial charge in [0.25, 0.3) is 0 Å². The zero-order valence-electron chi connectivity index (χ0n) is 13.6. The summed E-state index contributed by atoms with van der Waals surface area (Å²) in [5.74, 6) is 0.269. The Balaban J connectivity index is 1.76. The van der Waals surface area contributed by atoms with Crippen molar-refractivity contribution in [2.75, 3.05) is 5.32 Å². The van der Waals surface area contributed by atoms with E-state index in [0.29, 0.717) is 0 Å². The number of nitrogens with one attached hydrogen (secondary N) is 1. The normalized spacial score (nSPS) is 10.5. The van der Waals surface area contributed by atoms with E-state index in [9.17, 15) is 0 Å². The Hall–Kier alpha value is -2.45. The molecule has 0 aliphatic heterocycles. The van der Waals surface area contributed by atoms with Crippen molar-refractivity contribution in [2.24, 2.45) is 5.92 Å². The fraction of sp³-hybridized carbons (Fsp3) is 0.136. The lowest BCUT2D eigenvalue weighted by atomic mass is 9.92. The lowest BCUT2D eigenvalue weighted by Gasteiger charge is -2.20. The first-order chi connectivity index (χ1) is 11.8. The Bertz CT molecular complexity index is 712. The van der Waals surface area contributed by atoms with Gasteiger partial charge in [-0.3, -0.25) is 0 Å². The summed E-state index contributed by atoms with van der Waals surface area (Å²) in [7, 11) is 0. The Kier molecular flexibility index (Phi) is 5.75. The molecular formula is C22H21NS. The Labute approximate surface area is 149 Å². The van der Waals surface area contributed by atoms with Gasteiger partial charge in [0.05, 0.1) is 4.99 Å². The van der Waals surface area contributed by atoms with Gasteiger partial charge in [-0.1, -0.05) is 91.1 Å². The molecule has 0 atom stereocenters. The second-order valence-corrected chi connectivity index (χ2v) is 6.37. The summed E-state index contributed by atoms with van der Waals surface area (Å²) in [6, 6.07) is 31.3. The molecule has 0 bridgehead atoms. The van der Waals surface area contributed by atoms with Crippen molar-refractivity contribution in [1.82, 2.24) is 0 Å². The van der Waals surface area contributed by atoms with Gasteiger partial charge in [-0.15, -0.1) is 0 Å². The van der Waals surface area contributed by atoms with Crippen LogP contribution in [0.1, 0.15) is 11.1 Å². The standard InChI is InChI=1S/C22H21NS/c24-22(23-21-14-8-3-9-15-21)20(16-18-10-4-1-5-11-18)17-19-12-6-2-7-13-19/h1-15,20H,16-17H2,(H,23,24). The lowest BCUT2D eigenvalue weighted by Crippen LogP contribution is -2.25. The maximum absolute atomic E-state index is 5.74. The highest BCUT2D eigenvalue weighted by molar-refractivity contribution is 7.80. The van der Waals surface area contributed by atoms with Crippen molar-refractivity contribution < 1.29 is 0 Å². The van der Waals surface area contributed by atoms with E-state index in [1.54, 1.807) is 0 Å². The van der Waals surface area contributed by atoms with E-state index in [1.807, 2.05) is 30.3 Å². The zero-order chi connectivity index (χ0) is 16.6. The highest BCUT2D eigenvalue weighted by Crippen LogP contribution is 2.18. The molecule has 24 heavy (non-hydrogen) atoms. The quantitative estimate of drug-likeness (QED) is 0.596. The number of thiocarbonyl (C=S) groups is 1. The monoisotopic (exact) mass is 331 g/mol. The van der Waals surface area contributed by atoms with Gasteiger partial charge in [0, 0.05) is 11.6 Å². The minimum atomic E-state index is 0.269. The van der Waals surface area contributed by atoms with Crippen LogP contribution in [0, 0.1) is 5.92 Å². The second-order valence-electron chi connectivity index (χ2n) is 5.93. The molecule has 0 radical (unpaired) electrons. The van der Waals surface area contributed by atoms with Gasteiger partial charge >= 0.3 is 0 Å². The Morgan fingerprint density at radius 3 is 1.54 bits per heavy atom. The molecule has 0 unspecified atom stereocenters. The molecule has 0 saturated carbocycles. The molecule has 0 aliphatic carbocycles. The van der Waals surface area contributed by atoms with Crippen molar-refractivity contribution in [3.8, 4) is 0 Å². The average Bonchev–Trinajstić information content (AvgIpc) is 2.64. The molecule has 3 aromatic rings. The summed E-state index contributed by atoms with van der Waals surface area (Å²) in [5.41, 5.74) is 3.68. The summed E-state index contributed by atoms with van der Waals surface area (Å²) in [6.45, 7) is 0. The number of hydrogen-bond acceptors (Lipinski definition) is 1. The molecule has 120 valence electrons. The average molecular weight is 331 g/mol. The number of hydrogen-bond donors (Lipinski definition) is 1. The van der Waals surface area contributed by atoms with E-state index >= 15 is 0 Å². The second kappa shape index (κ2) is 8.42. The predicted molar refractivity (Wildman–Crippen MR) is 106 cm³/mol. The molecule has 0 fully saturated rings. The molecule has 1 N–H and O–H groups in total. The molecular weight excluding hydrogens is 310 g/mol. The summed E-state index contributed by atoms with van der Waals surface area (Å²) in [5, 5.41) is 3.41. The minimum Gasteiger partial charge on any atom is -0.350 e. The van der Waals surface area contributed by atoms with E-state index in [4.69, 9.17) is 12.2 Å². The molecule has 0 aliphatic rings.